The normalized spacial score (nSPS) is 20.9. The van der Waals surface area contributed by atoms with Crippen molar-refractivity contribution in [2.45, 2.75) is 224 Å². The summed E-state index contributed by atoms with van der Waals surface area (Å²) in [5, 5.41) is 40.0. The van der Waals surface area contributed by atoms with Crippen molar-refractivity contribution in [1.29, 1.82) is 0 Å². The van der Waals surface area contributed by atoms with E-state index in [4.69, 9.17) is 18.9 Å². The molecule has 0 spiro atoms. The van der Waals surface area contributed by atoms with Gasteiger partial charge in [-0.15, -0.1) is 0 Å². The number of esters is 2. The van der Waals surface area contributed by atoms with Crippen LogP contribution in [0, 0.1) is 0 Å². The van der Waals surface area contributed by atoms with Gasteiger partial charge < -0.3 is 39.4 Å². The van der Waals surface area contributed by atoms with Crippen molar-refractivity contribution < 1.29 is 49.0 Å². The van der Waals surface area contributed by atoms with Gasteiger partial charge >= 0.3 is 11.9 Å². The number of rotatable bonds is 36. The van der Waals surface area contributed by atoms with Crippen molar-refractivity contribution in [2.24, 2.45) is 0 Å². The fourth-order valence-corrected chi connectivity index (χ4v) is 6.58. The second-order valence-corrected chi connectivity index (χ2v) is 15.2. The van der Waals surface area contributed by atoms with Crippen molar-refractivity contribution in [3.8, 4) is 0 Å². The van der Waals surface area contributed by atoms with Crippen molar-refractivity contribution in [1.82, 2.24) is 0 Å². The minimum atomic E-state index is -1.59. The first-order valence-electron chi connectivity index (χ1n) is 21.9. The van der Waals surface area contributed by atoms with Gasteiger partial charge in [0.25, 0.3) is 0 Å². The van der Waals surface area contributed by atoms with Crippen LogP contribution in [-0.2, 0) is 28.5 Å². The van der Waals surface area contributed by atoms with Crippen LogP contribution in [0.4, 0.5) is 0 Å². The average Bonchev–Trinajstić information content (AvgIpc) is 3.17. The standard InChI is InChI=1S/C44H80O10/c1-3-5-7-9-11-13-15-17-18-19-21-22-24-26-28-30-32-39(46)51-35-37(36-52-44-43(50)42(49)41(48)38(34-45)54-44)53-40(47)33-31-29-27-25-23-20-16-14-12-10-8-6-4-2/h8,10,14,16,37-38,41-45,48-50H,3-7,9,11-13,15,17-36H2,1-2H3/b10-8-,16-14-. The molecule has 1 aliphatic heterocycles. The molecule has 316 valence electrons. The Morgan fingerprint density at radius 2 is 1.07 bits per heavy atom. The Labute approximate surface area is 328 Å². The maximum atomic E-state index is 12.7. The van der Waals surface area contributed by atoms with Gasteiger partial charge in [0.15, 0.2) is 12.4 Å². The highest BCUT2D eigenvalue weighted by Crippen LogP contribution is 2.23. The molecular formula is C44H80O10. The highest BCUT2D eigenvalue weighted by atomic mass is 16.7. The molecule has 4 N–H and O–H groups in total. The number of carbonyl (C=O) groups is 2. The Morgan fingerprint density at radius 3 is 1.61 bits per heavy atom. The number of hydrogen-bond acceptors (Lipinski definition) is 10. The lowest BCUT2D eigenvalue weighted by molar-refractivity contribution is -0.305. The van der Waals surface area contributed by atoms with Gasteiger partial charge in [-0.05, 0) is 38.5 Å². The Hall–Kier alpha value is -1.82. The van der Waals surface area contributed by atoms with Crippen LogP contribution in [0.5, 0.6) is 0 Å². The molecule has 1 aliphatic rings. The molecule has 10 heteroatoms. The lowest BCUT2D eigenvalue weighted by Gasteiger charge is -2.39. The number of unbranched alkanes of at least 4 members (excludes halogenated alkanes) is 21. The number of allylic oxidation sites excluding steroid dienone is 4. The van der Waals surface area contributed by atoms with Gasteiger partial charge in [0, 0.05) is 12.8 Å². The van der Waals surface area contributed by atoms with Gasteiger partial charge in [0.2, 0.25) is 0 Å². The minimum absolute atomic E-state index is 0.216. The number of hydrogen-bond donors (Lipinski definition) is 4. The quantitative estimate of drug-likeness (QED) is 0.0276. The lowest BCUT2D eigenvalue weighted by Crippen LogP contribution is -2.59. The monoisotopic (exact) mass is 769 g/mol. The molecule has 0 aromatic carbocycles. The van der Waals surface area contributed by atoms with E-state index in [1.54, 1.807) is 0 Å². The molecule has 10 nitrogen and oxygen atoms in total. The summed E-state index contributed by atoms with van der Waals surface area (Å²) in [6.45, 7) is 3.35. The van der Waals surface area contributed by atoms with Crippen LogP contribution in [0.1, 0.15) is 187 Å². The van der Waals surface area contributed by atoms with Crippen molar-refractivity contribution in [2.75, 3.05) is 19.8 Å². The van der Waals surface area contributed by atoms with Crippen LogP contribution >= 0.6 is 0 Å². The van der Waals surface area contributed by atoms with Crippen LogP contribution in [-0.4, -0.2) is 89.0 Å². The molecule has 54 heavy (non-hydrogen) atoms. The summed E-state index contributed by atoms with van der Waals surface area (Å²) in [5.74, 6) is -0.817. The molecule has 1 rings (SSSR count). The maximum Gasteiger partial charge on any atom is 0.306 e. The molecule has 0 bridgehead atoms. The van der Waals surface area contributed by atoms with Crippen LogP contribution in [0.25, 0.3) is 0 Å². The summed E-state index contributed by atoms with van der Waals surface area (Å²) < 4.78 is 22.1. The predicted octanol–water partition coefficient (Wildman–Crippen LogP) is 8.94. The van der Waals surface area contributed by atoms with Gasteiger partial charge in [-0.2, -0.15) is 0 Å². The Kier molecular flexibility index (Phi) is 33.1. The van der Waals surface area contributed by atoms with Crippen LogP contribution in [0.3, 0.4) is 0 Å². The number of carbonyl (C=O) groups excluding carboxylic acids is 2. The van der Waals surface area contributed by atoms with Crippen LogP contribution in [0.15, 0.2) is 24.3 Å². The van der Waals surface area contributed by atoms with Crippen molar-refractivity contribution >= 4 is 11.9 Å². The van der Waals surface area contributed by atoms with Gasteiger partial charge in [-0.25, -0.2) is 0 Å². The van der Waals surface area contributed by atoms with Crippen molar-refractivity contribution in [3.63, 3.8) is 0 Å². The molecule has 0 aromatic rings. The molecule has 0 aromatic heterocycles. The summed E-state index contributed by atoms with van der Waals surface area (Å²) >= 11 is 0. The Bertz CT molecular complexity index is 938. The average molecular weight is 769 g/mol. The Morgan fingerprint density at radius 1 is 0.574 bits per heavy atom. The predicted molar refractivity (Wildman–Crippen MR) is 215 cm³/mol. The molecule has 0 saturated carbocycles. The second-order valence-electron chi connectivity index (χ2n) is 15.2. The highest BCUT2D eigenvalue weighted by Gasteiger charge is 2.44. The smallest absolute Gasteiger partial charge is 0.306 e. The first-order chi connectivity index (χ1) is 26.3. The summed E-state index contributed by atoms with van der Waals surface area (Å²) in [5.41, 5.74) is 0. The molecule has 0 amide bonds. The number of ether oxygens (including phenoxy) is 4. The summed E-state index contributed by atoms with van der Waals surface area (Å²) in [6.07, 6.45) is 30.4. The third kappa shape index (κ3) is 26.9. The fourth-order valence-electron chi connectivity index (χ4n) is 6.58. The SMILES string of the molecule is CCC/C=C\C/C=C\CCCCCCCC(=O)OC(COC(=O)CCCCCCCCCCCCCCCCCC)COC1OC(CO)C(O)C(O)C1O. The van der Waals surface area contributed by atoms with E-state index in [2.05, 4.69) is 38.2 Å². The lowest BCUT2D eigenvalue weighted by atomic mass is 9.99. The third-order valence-electron chi connectivity index (χ3n) is 10.1. The molecule has 6 unspecified atom stereocenters. The van der Waals surface area contributed by atoms with E-state index in [1.165, 1.54) is 89.9 Å². The molecular weight excluding hydrogens is 688 g/mol. The zero-order valence-corrected chi connectivity index (χ0v) is 34.2. The summed E-state index contributed by atoms with van der Waals surface area (Å²) in [6, 6.07) is 0. The number of aliphatic hydroxyl groups excluding tert-OH is 4. The van der Waals surface area contributed by atoms with Crippen LogP contribution in [0.2, 0.25) is 0 Å². The van der Waals surface area contributed by atoms with E-state index in [0.29, 0.717) is 6.42 Å². The largest absolute Gasteiger partial charge is 0.462 e. The van der Waals surface area contributed by atoms with E-state index >= 15 is 0 Å². The number of aliphatic hydroxyl groups is 4. The van der Waals surface area contributed by atoms with Crippen molar-refractivity contribution in [3.05, 3.63) is 24.3 Å². The molecule has 1 fully saturated rings. The third-order valence-corrected chi connectivity index (χ3v) is 10.1. The molecule has 1 heterocycles. The van der Waals surface area contributed by atoms with Gasteiger partial charge in [0.05, 0.1) is 13.2 Å². The van der Waals surface area contributed by atoms with E-state index in [9.17, 15) is 30.0 Å². The van der Waals surface area contributed by atoms with Gasteiger partial charge in [0.1, 0.15) is 31.0 Å². The van der Waals surface area contributed by atoms with Crippen LogP contribution < -0.4 is 0 Å². The Balaban J connectivity index is 2.33. The summed E-state index contributed by atoms with van der Waals surface area (Å²) in [7, 11) is 0. The first-order valence-corrected chi connectivity index (χ1v) is 21.9. The topological polar surface area (TPSA) is 152 Å². The highest BCUT2D eigenvalue weighted by molar-refractivity contribution is 5.70. The fraction of sp³-hybridized carbons (Fsp3) is 0.864. The first kappa shape index (κ1) is 50.2. The molecule has 1 saturated heterocycles. The zero-order valence-electron chi connectivity index (χ0n) is 34.2. The minimum Gasteiger partial charge on any atom is -0.462 e. The van der Waals surface area contributed by atoms with Gasteiger partial charge in [-0.3, -0.25) is 9.59 Å². The molecule has 0 aliphatic carbocycles. The zero-order chi connectivity index (χ0) is 39.5. The van der Waals surface area contributed by atoms with E-state index < -0.39 is 49.4 Å². The molecule has 6 atom stereocenters. The van der Waals surface area contributed by atoms with Gasteiger partial charge in [-0.1, -0.05) is 160 Å². The maximum absolute atomic E-state index is 12.7. The van der Waals surface area contributed by atoms with E-state index in [0.717, 1.165) is 64.2 Å². The van der Waals surface area contributed by atoms with E-state index in [-0.39, 0.29) is 32.0 Å². The van der Waals surface area contributed by atoms with E-state index in [1.807, 2.05) is 0 Å². The molecule has 0 radical (unpaired) electrons. The second kappa shape index (κ2) is 35.6. The summed E-state index contributed by atoms with van der Waals surface area (Å²) in [4.78, 5) is 25.3.